The van der Waals surface area contributed by atoms with Crippen molar-refractivity contribution < 1.29 is 14.3 Å². The van der Waals surface area contributed by atoms with E-state index >= 15 is 0 Å². The van der Waals surface area contributed by atoms with Gasteiger partial charge >= 0.3 is 6.03 Å². The van der Waals surface area contributed by atoms with E-state index in [1.54, 1.807) is 47.4 Å². The summed E-state index contributed by atoms with van der Waals surface area (Å²) in [6.07, 6.45) is 1.89. The Hall–Kier alpha value is -2.73. The number of anilines is 3. The number of nitrogens with one attached hydrogen (secondary N) is 2. The van der Waals surface area contributed by atoms with Gasteiger partial charge in [0.05, 0.1) is 5.69 Å². The molecule has 136 valence electrons. The number of ether oxygens (including phenoxy) is 1. The van der Waals surface area contributed by atoms with Crippen molar-refractivity contribution in [2.75, 3.05) is 28.7 Å². The van der Waals surface area contributed by atoms with Crippen LogP contribution in [0, 0.1) is 0 Å². The van der Waals surface area contributed by atoms with E-state index in [1.807, 2.05) is 0 Å². The van der Waals surface area contributed by atoms with E-state index in [4.69, 9.17) is 16.3 Å². The monoisotopic (exact) mass is 373 g/mol. The number of nitrogens with zero attached hydrogens (tertiary/aromatic N) is 1. The normalized spacial score (nSPS) is 13.0. The van der Waals surface area contributed by atoms with Crippen LogP contribution >= 0.6 is 11.6 Å². The van der Waals surface area contributed by atoms with Gasteiger partial charge in [-0.15, -0.1) is 0 Å². The molecular formula is C19H20ClN3O3. The van der Waals surface area contributed by atoms with Gasteiger partial charge in [-0.25, -0.2) is 4.79 Å². The van der Waals surface area contributed by atoms with Crippen molar-refractivity contribution in [1.29, 1.82) is 0 Å². The Kier molecular flexibility index (Phi) is 5.63. The van der Waals surface area contributed by atoms with Crippen LogP contribution in [0.2, 0.25) is 5.02 Å². The van der Waals surface area contributed by atoms with Gasteiger partial charge in [-0.05, 0) is 48.9 Å². The smallest absolute Gasteiger partial charge is 0.323 e. The van der Waals surface area contributed by atoms with Gasteiger partial charge in [0, 0.05) is 22.9 Å². The number of benzene rings is 2. The highest BCUT2D eigenvalue weighted by Crippen LogP contribution is 2.34. The Morgan fingerprint density at radius 3 is 2.58 bits per heavy atom. The number of fused-ring (bicyclic) bond motifs is 1. The summed E-state index contributed by atoms with van der Waals surface area (Å²) in [6, 6.07) is 11.7. The number of unbranched alkanes of at least 4 members (excludes halogenated alkanes) is 1. The molecule has 1 aliphatic heterocycles. The van der Waals surface area contributed by atoms with Crippen molar-refractivity contribution >= 4 is 40.6 Å². The lowest BCUT2D eigenvalue weighted by molar-refractivity contribution is -0.121. The first-order chi connectivity index (χ1) is 12.6. The molecule has 3 amide bonds. The molecule has 0 saturated heterocycles. The zero-order valence-electron chi connectivity index (χ0n) is 14.4. The number of halogens is 1. The lowest BCUT2D eigenvalue weighted by Gasteiger charge is -2.29. The maximum atomic E-state index is 12.2. The van der Waals surface area contributed by atoms with Gasteiger partial charge in [0.2, 0.25) is 0 Å². The molecule has 2 N–H and O–H groups in total. The summed E-state index contributed by atoms with van der Waals surface area (Å²) in [4.78, 5) is 26.1. The summed E-state index contributed by atoms with van der Waals surface area (Å²) in [6.45, 7) is 2.75. The molecule has 2 aromatic carbocycles. The lowest BCUT2D eigenvalue weighted by atomic mass is 10.2. The van der Waals surface area contributed by atoms with Crippen molar-refractivity contribution in [2.24, 2.45) is 0 Å². The number of amides is 3. The highest BCUT2D eigenvalue weighted by molar-refractivity contribution is 6.30. The first-order valence-corrected chi connectivity index (χ1v) is 8.85. The van der Waals surface area contributed by atoms with Crippen molar-refractivity contribution in [3.63, 3.8) is 0 Å². The van der Waals surface area contributed by atoms with Crippen LogP contribution in [0.25, 0.3) is 0 Å². The molecule has 26 heavy (non-hydrogen) atoms. The van der Waals surface area contributed by atoms with Crippen molar-refractivity contribution in [3.05, 3.63) is 47.5 Å². The van der Waals surface area contributed by atoms with Gasteiger partial charge in [0.1, 0.15) is 5.75 Å². The van der Waals surface area contributed by atoms with E-state index < -0.39 is 0 Å². The minimum atomic E-state index is -0.379. The fraction of sp³-hybridized carbons (Fsp3) is 0.263. The number of hydrogen-bond acceptors (Lipinski definition) is 3. The lowest BCUT2D eigenvalue weighted by Crippen LogP contribution is -2.39. The molecule has 0 atom stereocenters. The van der Waals surface area contributed by atoms with E-state index in [-0.39, 0.29) is 18.5 Å². The third kappa shape index (κ3) is 4.26. The van der Waals surface area contributed by atoms with Crippen LogP contribution in [0.5, 0.6) is 5.75 Å². The molecule has 1 aliphatic rings. The summed E-state index contributed by atoms with van der Waals surface area (Å²) in [5.74, 6) is 0.568. The molecule has 0 saturated carbocycles. The zero-order chi connectivity index (χ0) is 18.5. The predicted molar refractivity (Wildman–Crippen MR) is 103 cm³/mol. The second-order valence-corrected chi connectivity index (χ2v) is 6.39. The zero-order valence-corrected chi connectivity index (χ0v) is 15.2. The maximum absolute atomic E-state index is 12.2. The molecule has 2 aromatic rings. The third-order valence-corrected chi connectivity index (χ3v) is 4.25. The van der Waals surface area contributed by atoms with Crippen LogP contribution in [0.4, 0.5) is 21.9 Å². The van der Waals surface area contributed by atoms with Gasteiger partial charge in [0.15, 0.2) is 6.61 Å². The summed E-state index contributed by atoms with van der Waals surface area (Å²) in [5.41, 5.74) is 1.89. The van der Waals surface area contributed by atoms with E-state index in [9.17, 15) is 9.59 Å². The first-order valence-electron chi connectivity index (χ1n) is 8.47. The minimum Gasteiger partial charge on any atom is -0.482 e. The molecule has 1 heterocycles. The summed E-state index contributed by atoms with van der Waals surface area (Å²) in [7, 11) is 0. The van der Waals surface area contributed by atoms with E-state index in [0.717, 1.165) is 12.8 Å². The summed E-state index contributed by atoms with van der Waals surface area (Å²) < 4.78 is 5.48. The highest BCUT2D eigenvalue weighted by Gasteiger charge is 2.25. The van der Waals surface area contributed by atoms with Crippen LogP contribution in [0.1, 0.15) is 19.8 Å². The van der Waals surface area contributed by atoms with Crippen molar-refractivity contribution in [1.82, 2.24) is 0 Å². The largest absolute Gasteiger partial charge is 0.482 e. The molecule has 3 rings (SSSR count). The molecule has 6 nitrogen and oxygen atoms in total. The van der Waals surface area contributed by atoms with Crippen molar-refractivity contribution in [3.8, 4) is 5.75 Å². The Balaban J connectivity index is 1.73. The van der Waals surface area contributed by atoms with Crippen LogP contribution in [0.15, 0.2) is 42.5 Å². The van der Waals surface area contributed by atoms with E-state index in [2.05, 4.69) is 17.6 Å². The SMILES string of the molecule is CCCCN1C(=O)COc2ccc(NC(=O)Nc3ccc(Cl)cc3)cc21. The Labute approximate surface area is 157 Å². The van der Waals surface area contributed by atoms with E-state index in [1.165, 1.54) is 0 Å². The van der Waals surface area contributed by atoms with Gasteiger partial charge in [0.25, 0.3) is 5.91 Å². The van der Waals surface area contributed by atoms with Gasteiger partial charge in [-0.3, -0.25) is 4.79 Å². The van der Waals surface area contributed by atoms with Gasteiger partial charge in [-0.1, -0.05) is 24.9 Å². The van der Waals surface area contributed by atoms with E-state index in [0.29, 0.717) is 34.4 Å². The molecule has 0 radical (unpaired) electrons. The average Bonchev–Trinajstić information content (AvgIpc) is 2.63. The molecule has 0 fully saturated rings. The molecular weight excluding hydrogens is 354 g/mol. The van der Waals surface area contributed by atoms with Crippen molar-refractivity contribution in [2.45, 2.75) is 19.8 Å². The second kappa shape index (κ2) is 8.10. The number of rotatable bonds is 5. The van der Waals surface area contributed by atoms with Gasteiger partial charge < -0.3 is 20.3 Å². The van der Waals surface area contributed by atoms with Crippen LogP contribution in [0.3, 0.4) is 0 Å². The molecule has 0 bridgehead atoms. The number of carbonyl (C=O) groups is 2. The molecule has 0 aliphatic carbocycles. The first kappa shape index (κ1) is 18.1. The summed E-state index contributed by atoms with van der Waals surface area (Å²) in [5, 5.41) is 6.10. The highest BCUT2D eigenvalue weighted by atomic mass is 35.5. The minimum absolute atomic E-state index is 0.0422. The van der Waals surface area contributed by atoms with Gasteiger partial charge in [-0.2, -0.15) is 0 Å². The third-order valence-electron chi connectivity index (χ3n) is 4.00. The molecule has 7 heteroatoms. The molecule has 0 spiro atoms. The fourth-order valence-electron chi connectivity index (χ4n) is 2.67. The van der Waals surface area contributed by atoms with Crippen LogP contribution in [-0.4, -0.2) is 25.1 Å². The number of hydrogen-bond donors (Lipinski definition) is 2. The van der Waals surface area contributed by atoms with Crippen LogP contribution < -0.4 is 20.3 Å². The second-order valence-electron chi connectivity index (χ2n) is 5.96. The standard InChI is InChI=1S/C19H20ClN3O3/c1-2-3-10-23-16-11-15(8-9-17(16)26-12-18(23)24)22-19(25)21-14-6-4-13(20)5-7-14/h4-9,11H,2-3,10,12H2,1H3,(H2,21,22,25). The topological polar surface area (TPSA) is 70.7 Å². The predicted octanol–water partition coefficient (Wildman–Crippen LogP) is 4.51. The average molecular weight is 374 g/mol. The number of carbonyl (C=O) groups excluding carboxylic acids is 2. The summed E-state index contributed by atoms with van der Waals surface area (Å²) >= 11 is 5.83. The fourth-order valence-corrected chi connectivity index (χ4v) is 2.79. The Morgan fingerprint density at radius 1 is 1.15 bits per heavy atom. The Morgan fingerprint density at radius 2 is 1.85 bits per heavy atom. The quantitative estimate of drug-likeness (QED) is 0.810. The van der Waals surface area contributed by atoms with Crippen LogP contribution in [-0.2, 0) is 4.79 Å². The maximum Gasteiger partial charge on any atom is 0.323 e. The molecule has 0 aromatic heterocycles. The number of urea groups is 1. The molecule has 0 unspecified atom stereocenters. The Bertz CT molecular complexity index is 808.